The van der Waals surface area contributed by atoms with Crippen molar-refractivity contribution in [2.45, 2.75) is 20.4 Å². The highest BCUT2D eigenvalue weighted by molar-refractivity contribution is 5.33. The number of rotatable bonds is 6. The number of hydrogen-bond acceptors (Lipinski definition) is 3. The highest BCUT2D eigenvalue weighted by Crippen LogP contribution is 2.11. The molecule has 114 valence electrons. The minimum Gasteiger partial charge on any atom is -0.395 e. The molecule has 21 heavy (non-hydrogen) atoms. The Kier molecular flexibility index (Phi) is 4.98. The molecular weight excluding hydrogens is 266 g/mol. The fraction of sp³-hybridized carbons (Fsp3) is 0.438. The third kappa shape index (κ3) is 3.09. The summed E-state index contributed by atoms with van der Waals surface area (Å²) in [4.78, 5) is 14.8. The van der Waals surface area contributed by atoms with Gasteiger partial charge in [0.05, 0.1) is 17.9 Å². The molecule has 0 unspecified atom stereocenters. The Balaban J connectivity index is 2.43. The number of likely N-dealkylation sites (N-methyl/N-ethyl adjacent to an activating group) is 1. The molecule has 1 N–H and O–H groups in total. The van der Waals surface area contributed by atoms with Crippen molar-refractivity contribution in [1.82, 2.24) is 14.3 Å². The number of aliphatic hydroxyl groups excluding tert-OH is 1. The van der Waals surface area contributed by atoms with E-state index in [9.17, 15) is 4.79 Å². The van der Waals surface area contributed by atoms with E-state index in [0.29, 0.717) is 13.1 Å². The lowest BCUT2D eigenvalue weighted by molar-refractivity contribution is 0.196. The SMILES string of the molecule is CCN(CCO)Cc1c(C)n(C)n(-c2ccccc2)c1=O. The Morgan fingerprint density at radius 1 is 1.24 bits per heavy atom. The smallest absolute Gasteiger partial charge is 0.276 e. The summed E-state index contributed by atoms with van der Waals surface area (Å²) >= 11 is 0. The summed E-state index contributed by atoms with van der Waals surface area (Å²) < 4.78 is 3.58. The molecule has 0 aliphatic rings. The van der Waals surface area contributed by atoms with Crippen LogP contribution in [0.15, 0.2) is 35.1 Å². The average molecular weight is 289 g/mol. The summed E-state index contributed by atoms with van der Waals surface area (Å²) in [5.41, 5.74) is 2.62. The Morgan fingerprint density at radius 3 is 2.48 bits per heavy atom. The molecule has 5 nitrogen and oxygen atoms in total. The van der Waals surface area contributed by atoms with Gasteiger partial charge in [-0.2, -0.15) is 0 Å². The lowest BCUT2D eigenvalue weighted by Gasteiger charge is -2.18. The maximum absolute atomic E-state index is 12.7. The standard InChI is InChI=1S/C16H23N3O2/c1-4-18(10-11-20)12-15-13(2)17(3)19(16(15)21)14-8-6-5-7-9-14/h5-9,20H,4,10-12H2,1-3H3. The minimum absolute atomic E-state index is 0.0117. The van der Waals surface area contributed by atoms with E-state index < -0.39 is 0 Å². The van der Waals surface area contributed by atoms with E-state index >= 15 is 0 Å². The Labute approximate surface area is 125 Å². The number of aliphatic hydroxyl groups is 1. The van der Waals surface area contributed by atoms with E-state index in [4.69, 9.17) is 5.11 Å². The molecule has 0 bridgehead atoms. The zero-order valence-electron chi connectivity index (χ0n) is 12.9. The molecule has 0 aliphatic heterocycles. The molecule has 0 aliphatic carbocycles. The van der Waals surface area contributed by atoms with E-state index in [2.05, 4.69) is 4.90 Å². The zero-order chi connectivity index (χ0) is 15.4. The fourth-order valence-electron chi connectivity index (χ4n) is 2.52. The third-order valence-corrected chi connectivity index (χ3v) is 3.92. The van der Waals surface area contributed by atoms with Crippen molar-refractivity contribution in [2.75, 3.05) is 19.7 Å². The van der Waals surface area contributed by atoms with Gasteiger partial charge in [-0.25, -0.2) is 4.68 Å². The third-order valence-electron chi connectivity index (χ3n) is 3.92. The fourth-order valence-corrected chi connectivity index (χ4v) is 2.52. The molecule has 0 amide bonds. The normalized spacial score (nSPS) is 11.3. The van der Waals surface area contributed by atoms with Crippen LogP contribution in [0.3, 0.4) is 0 Å². The summed E-state index contributed by atoms with van der Waals surface area (Å²) in [6.45, 7) is 6.05. The number of hydrogen-bond donors (Lipinski definition) is 1. The Morgan fingerprint density at radius 2 is 1.90 bits per heavy atom. The van der Waals surface area contributed by atoms with E-state index in [1.54, 1.807) is 4.68 Å². The lowest BCUT2D eigenvalue weighted by Crippen LogP contribution is -2.29. The van der Waals surface area contributed by atoms with Crippen molar-refractivity contribution in [3.8, 4) is 5.69 Å². The van der Waals surface area contributed by atoms with Gasteiger partial charge < -0.3 is 5.11 Å². The average Bonchev–Trinajstić information content (AvgIpc) is 2.71. The molecule has 2 aromatic rings. The van der Waals surface area contributed by atoms with Gasteiger partial charge in [0.1, 0.15) is 0 Å². The van der Waals surface area contributed by atoms with Gasteiger partial charge in [-0.3, -0.25) is 14.4 Å². The quantitative estimate of drug-likeness (QED) is 0.872. The van der Waals surface area contributed by atoms with E-state index in [0.717, 1.165) is 23.5 Å². The van der Waals surface area contributed by atoms with Crippen LogP contribution in [0.25, 0.3) is 5.69 Å². The predicted octanol–water partition coefficient (Wildman–Crippen LogP) is 1.30. The summed E-state index contributed by atoms with van der Waals surface area (Å²) in [6, 6.07) is 9.64. The molecule has 5 heteroatoms. The van der Waals surface area contributed by atoms with Gasteiger partial charge in [-0.15, -0.1) is 0 Å². The van der Waals surface area contributed by atoms with E-state index in [-0.39, 0.29) is 12.2 Å². The van der Waals surface area contributed by atoms with Crippen LogP contribution in [0.5, 0.6) is 0 Å². The number of benzene rings is 1. The molecule has 1 aromatic heterocycles. The van der Waals surface area contributed by atoms with Crippen LogP contribution in [-0.2, 0) is 13.6 Å². The van der Waals surface area contributed by atoms with Crippen LogP contribution in [0, 0.1) is 6.92 Å². The second kappa shape index (κ2) is 6.74. The largest absolute Gasteiger partial charge is 0.395 e. The van der Waals surface area contributed by atoms with Gasteiger partial charge in [0.25, 0.3) is 5.56 Å². The first-order valence-corrected chi connectivity index (χ1v) is 7.26. The Hall–Kier alpha value is -1.85. The van der Waals surface area contributed by atoms with Gasteiger partial charge in [0.2, 0.25) is 0 Å². The summed E-state index contributed by atoms with van der Waals surface area (Å²) in [6.07, 6.45) is 0. The van der Waals surface area contributed by atoms with Gasteiger partial charge in [0.15, 0.2) is 0 Å². The summed E-state index contributed by atoms with van der Waals surface area (Å²) in [5, 5.41) is 9.09. The lowest BCUT2D eigenvalue weighted by atomic mass is 10.2. The Bertz CT molecular complexity index is 644. The topological polar surface area (TPSA) is 50.4 Å². The van der Waals surface area contributed by atoms with Crippen molar-refractivity contribution < 1.29 is 5.11 Å². The monoisotopic (exact) mass is 289 g/mol. The second-order valence-electron chi connectivity index (χ2n) is 5.13. The minimum atomic E-state index is 0.0117. The number of nitrogens with zero attached hydrogens (tertiary/aromatic N) is 3. The summed E-state index contributed by atoms with van der Waals surface area (Å²) in [5.74, 6) is 0. The molecule has 0 atom stereocenters. The maximum Gasteiger partial charge on any atom is 0.276 e. The van der Waals surface area contributed by atoms with Gasteiger partial charge in [-0.1, -0.05) is 25.1 Å². The van der Waals surface area contributed by atoms with E-state index in [1.807, 2.05) is 55.9 Å². The maximum atomic E-state index is 12.7. The van der Waals surface area contributed by atoms with Crippen LogP contribution >= 0.6 is 0 Å². The molecule has 0 radical (unpaired) electrons. The van der Waals surface area contributed by atoms with Crippen LogP contribution in [0.1, 0.15) is 18.2 Å². The molecule has 2 rings (SSSR count). The van der Waals surface area contributed by atoms with Crippen molar-refractivity contribution in [3.05, 3.63) is 51.9 Å². The van der Waals surface area contributed by atoms with Crippen molar-refractivity contribution in [2.24, 2.45) is 7.05 Å². The number of para-hydroxylation sites is 1. The second-order valence-corrected chi connectivity index (χ2v) is 5.13. The highest BCUT2D eigenvalue weighted by atomic mass is 16.3. The first kappa shape index (κ1) is 15.5. The zero-order valence-corrected chi connectivity index (χ0v) is 12.9. The first-order chi connectivity index (χ1) is 10.1. The van der Waals surface area contributed by atoms with Gasteiger partial charge in [0, 0.05) is 25.8 Å². The molecule has 0 saturated carbocycles. The molecule has 0 spiro atoms. The highest BCUT2D eigenvalue weighted by Gasteiger charge is 2.17. The van der Waals surface area contributed by atoms with Crippen LogP contribution in [-0.4, -0.2) is 39.1 Å². The molecule has 1 heterocycles. The van der Waals surface area contributed by atoms with Gasteiger partial charge >= 0.3 is 0 Å². The van der Waals surface area contributed by atoms with Crippen molar-refractivity contribution in [1.29, 1.82) is 0 Å². The van der Waals surface area contributed by atoms with Gasteiger partial charge in [-0.05, 0) is 25.6 Å². The van der Waals surface area contributed by atoms with Crippen LogP contribution < -0.4 is 5.56 Å². The van der Waals surface area contributed by atoms with E-state index in [1.165, 1.54) is 0 Å². The van der Waals surface area contributed by atoms with Crippen LogP contribution in [0.2, 0.25) is 0 Å². The molecular formula is C16H23N3O2. The predicted molar refractivity (Wildman–Crippen MR) is 83.8 cm³/mol. The van der Waals surface area contributed by atoms with Crippen molar-refractivity contribution in [3.63, 3.8) is 0 Å². The summed E-state index contributed by atoms with van der Waals surface area (Å²) in [7, 11) is 1.90. The number of aromatic nitrogens is 2. The van der Waals surface area contributed by atoms with Crippen LogP contribution in [0.4, 0.5) is 0 Å². The van der Waals surface area contributed by atoms with Crippen molar-refractivity contribution >= 4 is 0 Å². The molecule has 1 aromatic carbocycles. The first-order valence-electron chi connectivity index (χ1n) is 7.26. The molecule has 0 fully saturated rings. The molecule has 0 saturated heterocycles.